The Morgan fingerprint density at radius 3 is 2.71 bits per heavy atom. The molecule has 5 heteroatoms. The van der Waals surface area contributed by atoms with Gasteiger partial charge in [-0.25, -0.2) is 0 Å². The van der Waals surface area contributed by atoms with Crippen molar-refractivity contribution in [2.75, 3.05) is 13.1 Å². The van der Waals surface area contributed by atoms with Crippen molar-refractivity contribution < 1.29 is 14.9 Å². The third-order valence-corrected chi connectivity index (χ3v) is 9.86. The van der Waals surface area contributed by atoms with Crippen LogP contribution in [-0.4, -0.2) is 44.4 Å². The molecule has 0 radical (unpaired) electrons. The molecular weight excluding hydrogens is 436 g/mol. The summed E-state index contributed by atoms with van der Waals surface area (Å²) in [6.45, 7) is 5.09. The molecule has 2 N–H and O–H groups in total. The maximum absolute atomic E-state index is 13.0. The summed E-state index contributed by atoms with van der Waals surface area (Å²) in [4.78, 5) is 2.60. The van der Waals surface area contributed by atoms with Crippen LogP contribution in [0.4, 0.5) is 0 Å². The Kier molecular flexibility index (Phi) is 3.92. The fourth-order valence-electron chi connectivity index (χ4n) is 8.16. The van der Waals surface area contributed by atoms with Crippen molar-refractivity contribution in [2.24, 2.45) is 5.92 Å². The molecule has 0 unspecified atom stereocenters. The van der Waals surface area contributed by atoms with Gasteiger partial charge < -0.3 is 19.5 Å². The summed E-state index contributed by atoms with van der Waals surface area (Å²) in [5, 5.41) is 23.9. The highest BCUT2D eigenvalue weighted by molar-refractivity contribution is 5.73. The molecule has 2 fully saturated rings. The average Bonchev–Trinajstić information content (AvgIpc) is 3.50. The van der Waals surface area contributed by atoms with E-state index in [9.17, 15) is 10.2 Å². The van der Waals surface area contributed by atoms with Crippen molar-refractivity contribution in [2.45, 2.75) is 68.7 Å². The summed E-state index contributed by atoms with van der Waals surface area (Å²) in [6, 6.07) is 14.5. The number of aryl methyl sites for hydroxylation is 1. The van der Waals surface area contributed by atoms with Gasteiger partial charge in [-0.05, 0) is 67.8 Å². The van der Waals surface area contributed by atoms with Crippen LogP contribution in [0.5, 0.6) is 11.5 Å². The van der Waals surface area contributed by atoms with E-state index in [0.29, 0.717) is 12.2 Å². The molecule has 8 rings (SSSR count). The van der Waals surface area contributed by atoms with E-state index in [1.807, 2.05) is 0 Å². The minimum Gasteiger partial charge on any atom is -0.504 e. The number of benzene rings is 2. The van der Waals surface area contributed by atoms with E-state index >= 15 is 0 Å². The largest absolute Gasteiger partial charge is 0.504 e. The first-order valence-electron chi connectivity index (χ1n) is 13.3. The lowest BCUT2D eigenvalue weighted by Gasteiger charge is -2.63. The normalized spacial score (nSPS) is 32.2. The van der Waals surface area contributed by atoms with Crippen molar-refractivity contribution in [3.8, 4) is 22.6 Å². The first-order chi connectivity index (χ1) is 17.0. The molecule has 2 bridgehead atoms. The quantitative estimate of drug-likeness (QED) is 0.589. The van der Waals surface area contributed by atoms with Crippen LogP contribution < -0.4 is 4.74 Å². The van der Waals surface area contributed by atoms with Gasteiger partial charge in [-0.1, -0.05) is 36.4 Å². The number of fused-ring (bicyclic) bond motifs is 2. The second-order valence-corrected chi connectivity index (χ2v) is 11.5. The molecule has 1 saturated carbocycles. The SMILES string of the molecule is CCn1cc(-c2ccccc2)c2c1[C@@H]1Oc3c(O)ccc4c3[C@@]13CCN(CC1CC1)[C@H](C4)[C@]3(O)C2. The van der Waals surface area contributed by atoms with Gasteiger partial charge in [-0.3, -0.25) is 4.90 Å². The third kappa shape index (κ3) is 2.41. The lowest BCUT2D eigenvalue weighted by atomic mass is 9.49. The zero-order valence-electron chi connectivity index (χ0n) is 20.2. The molecule has 5 nitrogen and oxygen atoms in total. The summed E-state index contributed by atoms with van der Waals surface area (Å²) in [5.74, 6) is 1.59. The van der Waals surface area contributed by atoms with E-state index in [-0.39, 0.29) is 17.9 Å². The summed E-state index contributed by atoms with van der Waals surface area (Å²) in [6.07, 6.45) is 6.89. The highest BCUT2D eigenvalue weighted by Gasteiger charge is 2.73. The first kappa shape index (κ1) is 20.4. The second-order valence-electron chi connectivity index (χ2n) is 11.5. The van der Waals surface area contributed by atoms with Gasteiger partial charge in [-0.2, -0.15) is 0 Å². The van der Waals surface area contributed by atoms with Crippen LogP contribution >= 0.6 is 0 Å². The number of aromatic nitrogens is 1. The van der Waals surface area contributed by atoms with Crippen molar-refractivity contribution in [1.82, 2.24) is 9.47 Å². The molecule has 4 atom stereocenters. The summed E-state index contributed by atoms with van der Waals surface area (Å²) in [5.41, 5.74) is 5.67. The molecule has 2 aliphatic heterocycles. The number of piperidine rings is 1. The lowest BCUT2D eigenvalue weighted by Crippen LogP contribution is -2.74. The molecular formula is C30H32N2O3. The molecule has 3 aromatic rings. The van der Waals surface area contributed by atoms with Gasteiger partial charge in [-0.15, -0.1) is 0 Å². The van der Waals surface area contributed by atoms with Crippen molar-refractivity contribution in [1.29, 1.82) is 0 Å². The highest BCUT2D eigenvalue weighted by atomic mass is 16.5. The summed E-state index contributed by atoms with van der Waals surface area (Å²) >= 11 is 0. The molecule has 2 aromatic carbocycles. The van der Waals surface area contributed by atoms with E-state index in [1.54, 1.807) is 6.07 Å². The number of ether oxygens (including phenoxy) is 1. The molecule has 35 heavy (non-hydrogen) atoms. The number of rotatable bonds is 4. The van der Waals surface area contributed by atoms with E-state index in [1.165, 1.54) is 40.8 Å². The van der Waals surface area contributed by atoms with Gasteiger partial charge >= 0.3 is 0 Å². The fourth-order valence-corrected chi connectivity index (χ4v) is 8.16. The molecule has 5 aliphatic rings. The second kappa shape index (κ2) is 6.71. The third-order valence-electron chi connectivity index (χ3n) is 9.86. The number of likely N-dealkylation sites (tertiary alicyclic amines) is 1. The Hall–Kier alpha value is -2.76. The van der Waals surface area contributed by atoms with Crippen LogP contribution in [0.25, 0.3) is 11.1 Å². The Labute approximate surface area is 206 Å². The highest BCUT2D eigenvalue weighted by Crippen LogP contribution is 2.69. The average molecular weight is 469 g/mol. The Morgan fingerprint density at radius 1 is 1.11 bits per heavy atom. The van der Waals surface area contributed by atoms with Gasteiger partial charge in [0.15, 0.2) is 17.6 Å². The number of aromatic hydroxyl groups is 1. The Morgan fingerprint density at radius 2 is 1.94 bits per heavy atom. The van der Waals surface area contributed by atoms with E-state index in [2.05, 4.69) is 59.0 Å². The lowest BCUT2D eigenvalue weighted by molar-refractivity contribution is -0.173. The topological polar surface area (TPSA) is 57.9 Å². The zero-order chi connectivity index (χ0) is 23.5. The fraction of sp³-hybridized carbons (Fsp3) is 0.467. The van der Waals surface area contributed by atoms with Gasteiger partial charge in [0.1, 0.15) is 0 Å². The van der Waals surface area contributed by atoms with Crippen LogP contribution in [0, 0.1) is 5.92 Å². The van der Waals surface area contributed by atoms with Gasteiger partial charge in [0.05, 0.1) is 16.7 Å². The van der Waals surface area contributed by atoms with Crippen LogP contribution in [-0.2, 0) is 24.8 Å². The number of nitrogens with zero attached hydrogens (tertiary/aromatic N) is 2. The molecule has 1 spiro atoms. The monoisotopic (exact) mass is 468 g/mol. The van der Waals surface area contributed by atoms with Crippen molar-refractivity contribution >= 4 is 0 Å². The minimum absolute atomic E-state index is 0.0627. The Balaban J connectivity index is 1.40. The smallest absolute Gasteiger partial charge is 0.166 e. The number of phenols is 1. The van der Waals surface area contributed by atoms with Crippen LogP contribution in [0.15, 0.2) is 48.7 Å². The summed E-state index contributed by atoms with van der Waals surface area (Å²) in [7, 11) is 0. The first-order valence-corrected chi connectivity index (χ1v) is 13.3. The van der Waals surface area contributed by atoms with Gasteiger partial charge in [0.25, 0.3) is 0 Å². The van der Waals surface area contributed by atoms with Crippen molar-refractivity contribution in [3.05, 3.63) is 71.0 Å². The van der Waals surface area contributed by atoms with Crippen LogP contribution in [0.3, 0.4) is 0 Å². The number of hydrogen-bond acceptors (Lipinski definition) is 4. The van der Waals surface area contributed by atoms with Gasteiger partial charge in [0.2, 0.25) is 0 Å². The standard InChI is InChI=1S/C30H32N2O3/c1-2-31-17-22(19-6-4-3-5-7-19)21-15-30(34)24-14-20-10-11-23(33)27-25(20)29(30,28(35-27)26(21)31)12-13-32(24)16-18-8-9-18/h3-7,10-11,17-18,24,28,33-34H,2,8-9,12-16H2,1H3/t24-,28+,29+,30-/m1/s1. The maximum Gasteiger partial charge on any atom is 0.166 e. The van der Waals surface area contributed by atoms with Crippen molar-refractivity contribution in [3.63, 3.8) is 0 Å². The molecule has 180 valence electrons. The predicted octanol–water partition coefficient (Wildman–Crippen LogP) is 4.58. The minimum atomic E-state index is -0.937. The molecule has 1 saturated heterocycles. The summed E-state index contributed by atoms with van der Waals surface area (Å²) < 4.78 is 9.10. The van der Waals surface area contributed by atoms with E-state index in [4.69, 9.17) is 4.74 Å². The van der Waals surface area contributed by atoms with E-state index < -0.39 is 11.0 Å². The zero-order valence-corrected chi connectivity index (χ0v) is 20.2. The Bertz CT molecular complexity index is 1360. The van der Waals surface area contributed by atoms with Crippen LogP contribution in [0.1, 0.15) is 54.7 Å². The molecule has 3 aliphatic carbocycles. The maximum atomic E-state index is 13.0. The predicted molar refractivity (Wildman–Crippen MR) is 134 cm³/mol. The molecule has 3 heterocycles. The van der Waals surface area contributed by atoms with Gasteiger partial charge in [0, 0.05) is 42.9 Å². The van der Waals surface area contributed by atoms with E-state index in [0.717, 1.165) is 44.0 Å². The number of phenolic OH excluding ortho intramolecular Hbond substituents is 1. The molecule has 0 amide bonds. The van der Waals surface area contributed by atoms with Crippen LogP contribution in [0.2, 0.25) is 0 Å². The number of hydrogen-bond donors (Lipinski definition) is 2. The number of aliphatic hydroxyl groups is 1. The molecule has 1 aromatic heterocycles.